The molecule has 1 fully saturated rings. The van der Waals surface area contributed by atoms with Crippen molar-refractivity contribution in [3.05, 3.63) is 0 Å². The molecule has 0 aromatic carbocycles. The SMILES string of the molecule is CC[C@H](CO)C(=O)NC1COC1. The van der Waals surface area contributed by atoms with Crippen molar-refractivity contribution >= 4 is 5.91 Å². The minimum atomic E-state index is -0.259. The normalized spacial score (nSPS) is 19.8. The van der Waals surface area contributed by atoms with E-state index in [0.717, 1.165) is 0 Å². The van der Waals surface area contributed by atoms with Gasteiger partial charge in [0, 0.05) is 0 Å². The van der Waals surface area contributed by atoms with Crippen LogP contribution in [0.5, 0.6) is 0 Å². The Morgan fingerprint density at radius 3 is 2.75 bits per heavy atom. The second-order valence-corrected chi connectivity index (χ2v) is 3.03. The summed E-state index contributed by atoms with van der Waals surface area (Å²) < 4.78 is 4.91. The summed E-state index contributed by atoms with van der Waals surface area (Å²) in [5, 5.41) is 11.6. The average Bonchev–Trinajstić information content (AvgIpc) is 1.99. The molecule has 1 aliphatic heterocycles. The number of hydrogen-bond acceptors (Lipinski definition) is 3. The van der Waals surface area contributed by atoms with Crippen LogP contribution in [0.15, 0.2) is 0 Å². The van der Waals surface area contributed by atoms with Gasteiger partial charge in [0.1, 0.15) is 0 Å². The van der Waals surface area contributed by atoms with Crippen molar-refractivity contribution in [3.8, 4) is 0 Å². The predicted octanol–water partition coefficient (Wildman–Crippen LogP) is -0.480. The molecule has 1 amide bonds. The van der Waals surface area contributed by atoms with Crippen LogP contribution < -0.4 is 5.32 Å². The first kappa shape index (κ1) is 9.48. The zero-order chi connectivity index (χ0) is 8.97. The Morgan fingerprint density at radius 1 is 1.75 bits per heavy atom. The second kappa shape index (κ2) is 4.42. The van der Waals surface area contributed by atoms with Gasteiger partial charge < -0.3 is 15.2 Å². The van der Waals surface area contributed by atoms with Crippen LogP contribution in [0.25, 0.3) is 0 Å². The number of hydrogen-bond donors (Lipinski definition) is 2. The molecule has 4 heteroatoms. The van der Waals surface area contributed by atoms with E-state index in [1.54, 1.807) is 0 Å². The third-order valence-corrected chi connectivity index (χ3v) is 2.07. The van der Waals surface area contributed by atoms with Crippen molar-refractivity contribution < 1.29 is 14.6 Å². The lowest BCUT2D eigenvalue weighted by molar-refractivity contribution is -0.130. The second-order valence-electron chi connectivity index (χ2n) is 3.03. The molecule has 4 nitrogen and oxygen atoms in total. The number of ether oxygens (including phenoxy) is 1. The fourth-order valence-electron chi connectivity index (χ4n) is 1.04. The van der Waals surface area contributed by atoms with Gasteiger partial charge in [-0.25, -0.2) is 0 Å². The maximum absolute atomic E-state index is 11.3. The third-order valence-electron chi connectivity index (χ3n) is 2.07. The van der Waals surface area contributed by atoms with Crippen molar-refractivity contribution in [2.45, 2.75) is 19.4 Å². The Labute approximate surface area is 71.9 Å². The Kier molecular flexibility index (Phi) is 3.49. The molecule has 1 atom stereocenters. The fraction of sp³-hybridized carbons (Fsp3) is 0.875. The summed E-state index contributed by atoms with van der Waals surface area (Å²) in [6.45, 7) is 3.02. The highest BCUT2D eigenvalue weighted by atomic mass is 16.5. The summed E-state index contributed by atoms with van der Waals surface area (Å²) in [5.41, 5.74) is 0. The largest absolute Gasteiger partial charge is 0.396 e. The van der Waals surface area contributed by atoms with Gasteiger partial charge in [0.15, 0.2) is 0 Å². The summed E-state index contributed by atoms with van der Waals surface area (Å²) in [6.07, 6.45) is 0.676. The molecule has 0 bridgehead atoms. The molecule has 0 unspecified atom stereocenters. The van der Waals surface area contributed by atoms with Crippen LogP contribution in [0, 0.1) is 5.92 Å². The zero-order valence-electron chi connectivity index (χ0n) is 7.25. The number of aliphatic hydroxyl groups excluding tert-OH is 1. The van der Waals surface area contributed by atoms with Crippen molar-refractivity contribution in [1.29, 1.82) is 0 Å². The van der Waals surface area contributed by atoms with Gasteiger partial charge in [-0.3, -0.25) is 4.79 Å². The van der Waals surface area contributed by atoms with Crippen LogP contribution in [0.1, 0.15) is 13.3 Å². The van der Waals surface area contributed by atoms with Gasteiger partial charge in [-0.2, -0.15) is 0 Å². The molecule has 0 aromatic heterocycles. The number of rotatable bonds is 4. The lowest BCUT2D eigenvalue weighted by atomic mass is 10.1. The monoisotopic (exact) mass is 173 g/mol. The van der Waals surface area contributed by atoms with E-state index in [-0.39, 0.29) is 24.5 Å². The highest BCUT2D eigenvalue weighted by Gasteiger charge is 2.23. The molecule has 1 heterocycles. The van der Waals surface area contributed by atoms with Gasteiger partial charge in [-0.1, -0.05) is 6.92 Å². The minimum absolute atomic E-state index is 0.0618. The van der Waals surface area contributed by atoms with E-state index in [0.29, 0.717) is 19.6 Å². The van der Waals surface area contributed by atoms with Gasteiger partial charge in [0.05, 0.1) is 31.8 Å². The average molecular weight is 173 g/mol. The first-order valence-electron chi connectivity index (χ1n) is 4.27. The van der Waals surface area contributed by atoms with Crippen LogP contribution in [0.2, 0.25) is 0 Å². The highest BCUT2D eigenvalue weighted by Crippen LogP contribution is 2.05. The maximum atomic E-state index is 11.3. The van der Waals surface area contributed by atoms with E-state index in [4.69, 9.17) is 9.84 Å². The van der Waals surface area contributed by atoms with Crippen molar-refractivity contribution in [3.63, 3.8) is 0 Å². The Bertz CT molecular complexity index is 152. The smallest absolute Gasteiger partial charge is 0.225 e. The Morgan fingerprint density at radius 2 is 2.42 bits per heavy atom. The Hall–Kier alpha value is -0.610. The number of amides is 1. The van der Waals surface area contributed by atoms with Gasteiger partial charge in [0.2, 0.25) is 5.91 Å². The molecular weight excluding hydrogens is 158 g/mol. The van der Waals surface area contributed by atoms with Crippen molar-refractivity contribution in [2.24, 2.45) is 5.92 Å². The lowest BCUT2D eigenvalue weighted by Crippen LogP contribution is -2.50. The third kappa shape index (κ3) is 2.19. The van der Waals surface area contributed by atoms with E-state index in [1.807, 2.05) is 6.92 Å². The lowest BCUT2D eigenvalue weighted by Gasteiger charge is -2.28. The van der Waals surface area contributed by atoms with Gasteiger partial charge in [0.25, 0.3) is 0 Å². The van der Waals surface area contributed by atoms with Crippen molar-refractivity contribution in [2.75, 3.05) is 19.8 Å². The summed E-state index contributed by atoms with van der Waals surface area (Å²) in [6, 6.07) is 0.165. The molecule has 2 N–H and O–H groups in total. The van der Waals surface area contributed by atoms with E-state index < -0.39 is 0 Å². The molecule has 1 saturated heterocycles. The van der Waals surface area contributed by atoms with E-state index in [2.05, 4.69) is 5.32 Å². The molecule has 1 rings (SSSR count). The van der Waals surface area contributed by atoms with Crippen LogP contribution in [0.4, 0.5) is 0 Å². The quantitative estimate of drug-likeness (QED) is 0.603. The van der Waals surface area contributed by atoms with Gasteiger partial charge in [-0.15, -0.1) is 0 Å². The summed E-state index contributed by atoms with van der Waals surface area (Å²) in [7, 11) is 0. The molecule has 12 heavy (non-hydrogen) atoms. The van der Waals surface area contributed by atoms with Crippen LogP contribution >= 0.6 is 0 Å². The van der Waals surface area contributed by atoms with Crippen LogP contribution in [-0.2, 0) is 9.53 Å². The molecular formula is C8H15NO3. The number of carbonyl (C=O) groups excluding carboxylic acids is 1. The summed E-state index contributed by atoms with van der Waals surface area (Å²) in [4.78, 5) is 11.3. The van der Waals surface area contributed by atoms with Gasteiger partial charge >= 0.3 is 0 Å². The minimum Gasteiger partial charge on any atom is -0.396 e. The summed E-state index contributed by atoms with van der Waals surface area (Å²) in [5.74, 6) is -0.320. The van der Waals surface area contributed by atoms with Crippen molar-refractivity contribution in [1.82, 2.24) is 5.32 Å². The van der Waals surface area contributed by atoms with E-state index >= 15 is 0 Å². The van der Waals surface area contributed by atoms with Gasteiger partial charge in [-0.05, 0) is 6.42 Å². The molecule has 70 valence electrons. The maximum Gasteiger partial charge on any atom is 0.225 e. The zero-order valence-corrected chi connectivity index (χ0v) is 7.25. The molecule has 0 aliphatic carbocycles. The van der Waals surface area contributed by atoms with Crippen LogP contribution in [-0.4, -0.2) is 36.9 Å². The summed E-state index contributed by atoms with van der Waals surface area (Å²) >= 11 is 0. The molecule has 1 aliphatic rings. The first-order valence-corrected chi connectivity index (χ1v) is 4.27. The fourth-order valence-corrected chi connectivity index (χ4v) is 1.04. The number of aliphatic hydroxyl groups is 1. The number of nitrogens with one attached hydrogen (secondary N) is 1. The van der Waals surface area contributed by atoms with E-state index in [9.17, 15) is 4.79 Å². The van der Waals surface area contributed by atoms with E-state index in [1.165, 1.54) is 0 Å². The molecule has 0 saturated carbocycles. The molecule has 0 aromatic rings. The first-order chi connectivity index (χ1) is 5.77. The highest BCUT2D eigenvalue weighted by molar-refractivity contribution is 5.79. The molecule has 0 spiro atoms. The van der Waals surface area contributed by atoms with Crippen LogP contribution in [0.3, 0.4) is 0 Å². The topological polar surface area (TPSA) is 58.6 Å². The predicted molar refractivity (Wildman–Crippen MR) is 43.6 cm³/mol. The Balaban J connectivity index is 2.24. The molecule has 0 radical (unpaired) electrons. The standard InChI is InChI=1S/C8H15NO3/c1-2-6(3-10)8(11)9-7-4-12-5-7/h6-7,10H,2-5H2,1H3,(H,9,11)/t6-/m1/s1. The number of carbonyl (C=O) groups is 1.